The van der Waals surface area contributed by atoms with Gasteiger partial charge >= 0.3 is 108 Å². The average Bonchev–Trinajstić information content (AvgIpc) is 2.49. The Hall–Kier alpha value is -2.15. The van der Waals surface area contributed by atoms with E-state index in [0.717, 1.165) is 0 Å². The molecule has 0 radical (unpaired) electrons. The fourth-order valence-electron chi connectivity index (χ4n) is 2.22. The summed E-state index contributed by atoms with van der Waals surface area (Å²) in [6.07, 6.45) is 0. The molecule has 0 aliphatic carbocycles. The Bertz CT molecular complexity index is 572. The molecule has 0 bridgehead atoms. The molecule has 1 heteroatoms. The van der Waals surface area contributed by atoms with Crippen molar-refractivity contribution >= 4 is 6.91 Å². The molecular formula is C17H13B. The van der Waals surface area contributed by atoms with Crippen molar-refractivity contribution in [1.82, 2.24) is 0 Å². The van der Waals surface area contributed by atoms with Crippen LogP contribution in [-0.4, -0.2) is 6.91 Å². The van der Waals surface area contributed by atoms with E-state index in [2.05, 4.69) is 85.7 Å². The molecule has 18 heavy (non-hydrogen) atoms. The topological polar surface area (TPSA) is 0 Å². The number of hydrogen-bond donors (Lipinski definition) is 0. The first-order valence-corrected chi connectivity index (χ1v) is 6.15. The van der Waals surface area contributed by atoms with Gasteiger partial charge in [-0.1, -0.05) is 0 Å². The van der Waals surface area contributed by atoms with Crippen molar-refractivity contribution in [2.45, 2.75) is 0 Å². The van der Waals surface area contributed by atoms with Gasteiger partial charge < -0.3 is 0 Å². The first kappa shape index (κ1) is 11.0. The maximum absolute atomic E-state index is 2.18. The molecule has 1 heterocycles. The van der Waals surface area contributed by atoms with Crippen molar-refractivity contribution in [3.8, 4) is 22.1 Å². The molecule has 0 atom stereocenters. The van der Waals surface area contributed by atoms with Crippen LogP contribution in [0.15, 0.2) is 78.8 Å². The molecule has 0 amide bonds. The van der Waals surface area contributed by atoms with Gasteiger partial charge in [-0.2, -0.15) is 0 Å². The van der Waals surface area contributed by atoms with E-state index >= 15 is 0 Å². The second-order valence-electron chi connectivity index (χ2n) is 4.28. The second-order valence-corrected chi connectivity index (χ2v) is 4.28. The summed E-state index contributed by atoms with van der Waals surface area (Å²) in [7, 11) is 0. The van der Waals surface area contributed by atoms with Crippen LogP contribution in [0.1, 0.15) is 0 Å². The normalized spacial score (nSPS) is 10.0. The summed E-state index contributed by atoms with van der Waals surface area (Å²) < 4.78 is 0. The Kier molecular flexibility index (Phi) is 3.06. The van der Waals surface area contributed by atoms with Gasteiger partial charge in [0.25, 0.3) is 0 Å². The van der Waals surface area contributed by atoms with Crippen LogP contribution >= 0.6 is 0 Å². The number of rotatable bonds is 2. The number of benzene rings is 2. The van der Waals surface area contributed by atoms with Gasteiger partial charge in [0.1, 0.15) is 0 Å². The van der Waals surface area contributed by atoms with Gasteiger partial charge in [0, 0.05) is 0 Å². The van der Waals surface area contributed by atoms with E-state index in [9.17, 15) is 0 Å². The third-order valence-corrected chi connectivity index (χ3v) is 3.10. The van der Waals surface area contributed by atoms with Crippen LogP contribution in [-0.2, 0) is 0 Å². The van der Waals surface area contributed by atoms with Gasteiger partial charge in [-0.05, 0) is 0 Å². The second kappa shape index (κ2) is 5.01. The molecule has 0 N–H and O–H groups in total. The molecule has 0 spiro atoms. The molecule has 0 saturated heterocycles. The quantitative estimate of drug-likeness (QED) is 0.611. The monoisotopic (exact) mass is 228 g/mol. The van der Waals surface area contributed by atoms with Crippen molar-refractivity contribution in [2.75, 3.05) is 0 Å². The van der Waals surface area contributed by atoms with Crippen LogP contribution in [0.2, 0.25) is 0 Å². The van der Waals surface area contributed by atoms with Gasteiger partial charge in [0.15, 0.2) is 0 Å². The Morgan fingerprint density at radius 2 is 1.17 bits per heavy atom. The van der Waals surface area contributed by atoms with Crippen molar-refractivity contribution in [3.05, 3.63) is 78.8 Å². The van der Waals surface area contributed by atoms with E-state index in [1.165, 1.54) is 22.1 Å². The summed E-state index contributed by atoms with van der Waals surface area (Å²) in [4.78, 5) is 0. The van der Waals surface area contributed by atoms with Crippen LogP contribution < -0.4 is 0 Å². The van der Waals surface area contributed by atoms with Crippen molar-refractivity contribution in [1.29, 1.82) is 0 Å². The van der Waals surface area contributed by atoms with Gasteiger partial charge in [-0.3, -0.25) is 0 Å². The average molecular weight is 228 g/mol. The van der Waals surface area contributed by atoms with E-state index < -0.39 is 0 Å². The van der Waals surface area contributed by atoms with Gasteiger partial charge in [-0.25, -0.2) is 0 Å². The fourth-order valence-corrected chi connectivity index (χ4v) is 2.22. The minimum atomic E-state index is 1.26. The van der Waals surface area contributed by atoms with Crippen LogP contribution in [0, 0.1) is 0 Å². The summed E-state index contributed by atoms with van der Waals surface area (Å²) in [6, 6.07) is 25.3. The summed E-state index contributed by atoms with van der Waals surface area (Å²) in [5, 5.41) is 0. The molecule has 0 fully saturated rings. The van der Waals surface area contributed by atoms with E-state index in [4.69, 9.17) is 0 Å². The molecular weight excluding hydrogens is 215 g/mol. The molecule has 0 aliphatic rings. The first-order valence-electron chi connectivity index (χ1n) is 6.15. The summed E-state index contributed by atoms with van der Waals surface area (Å²) >= 11 is 0. The Balaban J connectivity index is 2.18. The molecule has 2 aromatic carbocycles. The van der Waals surface area contributed by atoms with Crippen molar-refractivity contribution in [2.24, 2.45) is 0 Å². The van der Waals surface area contributed by atoms with Gasteiger partial charge in [0.2, 0.25) is 0 Å². The number of hydrogen-bond acceptors (Lipinski definition) is 0. The predicted octanol–water partition coefficient (Wildman–Crippen LogP) is 4.36. The van der Waals surface area contributed by atoms with Crippen LogP contribution in [0.25, 0.3) is 22.1 Å². The first-order chi connectivity index (χ1) is 8.95. The van der Waals surface area contributed by atoms with Gasteiger partial charge in [-0.15, -0.1) is 0 Å². The molecule has 3 aromatic rings. The minimum absolute atomic E-state index is 1.26. The Morgan fingerprint density at radius 1 is 0.556 bits per heavy atom. The van der Waals surface area contributed by atoms with E-state index in [1.807, 2.05) is 0 Å². The zero-order valence-electron chi connectivity index (χ0n) is 10.1. The Labute approximate surface area is 108 Å². The van der Waals surface area contributed by atoms with Crippen LogP contribution in [0.4, 0.5) is 0 Å². The summed E-state index contributed by atoms with van der Waals surface area (Å²) in [5.74, 6) is 2.09. The van der Waals surface area contributed by atoms with Crippen molar-refractivity contribution < 1.29 is 0 Å². The molecule has 84 valence electrons. The van der Waals surface area contributed by atoms with Gasteiger partial charge in [0.05, 0.1) is 0 Å². The molecule has 0 nitrogen and oxygen atoms in total. The Morgan fingerprint density at radius 3 is 1.83 bits per heavy atom. The van der Waals surface area contributed by atoms with Crippen molar-refractivity contribution in [3.63, 3.8) is 0 Å². The van der Waals surface area contributed by atoms with E-state index in [0.29, 0.717) is 0 Å². The van der Waals surface area contributed by atoms with Crippen LogP contribution in [0.5, 0.6) is 0 Å². The maximum atomic E-state index is 2.18. The molecule has 0 aliphatic heterocycles. The van der Waals surface area contributed by atoms with E-state index in [1.54, 1.807) is 0 Å². The fraction of sp³-hybridized carbons (Fsp3) is 0. The van der Waals surface area contributed by atoms with Crippen LogP contribution in [0.3, 0.4) is 0 Å². The molecule has 1 aromatic heterocycles. The SMILES string of the molecule is b1cccc(-c2ccccc2)c1-c1ccccc1. The third kappa shape index (κ3) is 2.12. The molecule has 3 rings (SSSR count). The summed E-state index contributed by atoms with van der Waals surface area (Å²) in [5.41, 5.74) is 5.09. The standard InChI is InChI=1S/C17H13B/c1-3-8-14(9-4-1)16-12-7-13-18-17(16)15-10-5-2-6-11-15/h1-13H. The molecule has 0 unspecified atom stereocenters. The summed E-state index contributed by atoms with van der Waals surface area (Å²) in [6.45, 7) is 2.18. The zero-order valence-corrected chi connectivity index (χ0v) is 10.1. The molecule has 0 saturated carbocycles. The predicted molar refractivity (Wildman–Crippen MR) is 78.7 cm³/mol. The third-order valence-electron chi connectivity index (χ3n) is 3.10. The zero-order chi connectivity index (χ0) is 12.2. The van der Waals surface area contributed by atoms with E-state index in [-0.39, 0.29) is 0 Å².